The Hall–Kier alpha value is -1.69. The summed E-state index contributed by atoms with van der Waals surface area (Å²) in [5.41, 5.74) is -0.461. The maximum Gasteiger partial charge on any atom is 0.253 e. The fourth-order valence-corrected chi connectivity index (χ4v) is 1.50. The van der Waals surface area contributed by atoms with E-state index in [4.69, 9.17) is 11.6 Å². The zero-order chi connectivity index (χ0) is 11.0. The number of Topliss-reactive ketones (excluding diaryl/α,β-unsaturated/α-hetero) is 1. The second-order valence-corrected chi connectivity index (χ2v) is 3.47. The third kappa shape index (κ3) is 1.89. The van der Waals surface area contributed by atoms with Gasteiger partial charge in [0.1, 0.15) is 5.15 Å². The molecule has 1 aliphatic heterocycles. The Morgan fingerprint density at radius 3 is 2.67 bits per heavy atom. The lowest BCUT2D eigenvalue weighted by Gasteiger charge is -2.11. The van der Waals surface area contributed by atoms with Crippen molar-refractivity contribution in [1.82, 2.24) is 9.97 Å². The highest BCUT2D eigenvalue weighted by atomic mass is 35.5. The summed E-state index contributed by atoms with van der Waals surface area (Å²) in [6, 6.07) is 1.09. The minimum Gasteiger partial charge on any atom is -0.297 e. The van der Waals surface area contributed by atoms with E-state index < -0.39 is 5.56 Å². The van der Waals surface area contributed by atoms with Gasteiger partial charge in [0.05, 0.1) is 13.0 Å². The van der Waals surface area contributed by atoms with E-state index >= 15 is 0 Å². The van der Waals surface area contributed by atoms with E-state index in [2.05, 4.69) is 9.97 Å². The maximum atomic E-state index is 11.3. The Morgan fingerprint density at radius 1 is 1.40 bits per heavy atom. The topological polar surface area (TPSA) is 83.1 Å². The summed E-state index contributed by atoms with van der Waals surface area (Å²) >= 11 is 5.56. The van der Waals surface area contributed by atoms with Crippen molar-refractivity contribution in [3.05, 3.63) is 21.6 Å². The average molecular weight is 228 g/mol. The molecule has 2 heterocycles. The number of H-pyrrole nitrogens is 1. The molecule has 1 amide bonds. The number of amides is 1. The zero-order valence-corrected chi connectivity index (χ0v) is 8.24. The highest BCUT2D eigenvalue weighted by Gasteiger charge is 2.30. The molecule has 0 aliphatic carbocycles. The highest BCUT2D eigenvalue weighted by molar-refractivity contribution is 6.29. The summed E-state index contributed by atoms with van der Waals surface area (Å²) in [7, 11) is 0. The smallest absolute Gasteiger partial charge is 0.253 e. The van der Waals surface area contributed by atoms with Crippen LogP contribution in [0.1, 0.15) is 6.42 Å². The van der Waals surface area contributed by atoms with Crippen molar-refractivity contribution in [2.24, 2.45) is 0 Å². The Balaban J connectivity index is 2.41. The number of rotatable bonds is 1. The van der Waals surface area contributed by atoms with E-state index in [1.54, 1.807) is 0 Å². The third-order valence-electron chi connectivity index (χ3n) is 1.94. The van der Waals surface area contributed by atoms with Gasteiger partial charge in [0.2, 0.25) is 11.9 Å². The molecule has 1 N–H and O–H groups in total. The molecular weight excluding hydrogens is 222 g/mol. The number of nitrogens with zero attached hydrogens (tertiary/aromatic N) is 2. The van der Waals surface area contributed by atoms with Gasteiger partial charge in [-0.1, -0.05) is 11.6 Å². The minimum absolute atomic E-state index is 0.0131. The third-order valence-corrected chi connectivity index (χ3v) is 2.13. The molecule has 78 valence electrons. The highest BCUT2D eigenvalue weighted by Crippen LogP contribution is 2.14. The molecule has 1 aromatic rings. The summed E-state index contributed by atoms with van der Waals surface area (Å²) in [6.45, 7) is -0.0673. The van der Waals surface area contributed by atoms with Gasteiger partial charge in [0, 0.05) is 6.07 Å². The molecule has 1 saturated heterocycles. The van der Waals surface area contributed by atoms with Gasteiger partial charge in [0.15, 0.2) is 5.78 Å². The molecule has 0 spiro atoms. The van der Waals surface area contributed by atoms with Crippen molar-refractivity contribution in [1.29, 1.82) is 0 Å². The van der Waals surface area contributed by atoms with Gasteiger partial charge >= 0.3 is 0 Å². The van der Waals surface area contributed by atoms with E-state index in [0.717, 1.165) is 11.0 Å². The number of carbonyl (C=O) groups is 2. The first-order valence-corrected chi connectivity index (χ1v) is 4.53. The summed E-state index contributed by atoms with van der Waals surface area (Å²) < 4.78 is 0. The number of halogens is 1. The number of hydrogen-bond donors (Lipinski definition) is 1. The van der Waals surface area contributed by atoms with Gasteiger partial charge in [-0.05, 0) is 0 Å². The molecule has 0 atom stereocenters. The first-order chi connectivity index (χ1) is 7.06. The quantitative estimate of drug-likeness (QED) is 0.529. The molecule has 6 nitrogen and oxygen atoms in total. The van der Waals surface area contributed by atoms with E-state index in [1.807, 2.05) is 0 Å². The second kappa shape index (κ2) is 3.47. The van der Waals surface area contributed by atoms with Crippen molar-refractivity contribution in [3.63, 3.8) is 0 Å². The van der Waals surface area contributed by atoms with Crippen molar-refractivity contribution < 1.29 is 9.59 Å². The first kappa shape index (κ1) is 9.85. The molecule has 0 bridgehead atoms. The molecular formula is C8H6ClN3O3. The summed E-state index contributed by atoms with van der Waals surface area (Å²) in [5.74, 6) is -0.573. The number of nitrogens with one attached hydrogen (secondary N) is 1. The lowest BCUT2D eigenvalue weighted by Crippen LogP contribution is -2.28. The standard InChI is InChI=1S/C8H6ClN3O3/c9-5-2-6(14)11-8(10-5)12-3-4(13)1-7(12)15/h2H,1,3H2,(H,10,11,14). The number of ketones is 1. The molecule has 1 aliphatic rings. The SMILES string of the molecule is O=C1CC(=O)N(c2nc(Cl)cc(=O)[nH]2)C1. The fraction of sp³-hybridized carbons (Fsp3) is 0.250. The van der Waals surface area contributed by atoms with Crippen LogP contribution in [0.5, 0.6) is 0 Å². The van der Waals surface area contributed by atoms with Crippen LogP contribution in [-0.4, -0.2) is 28.2 Å². The molecule has 1 fully saturated rings. The Bertz CT molecular complexity index is 496. The van der Waals surface area contributed by atoms with E-state index in [1.165, 1.54) is 0 Å². The minimum atomic E-state index is -0.461. The van der Waals surface area contributed by atoms with Crippen LogP contribution in [0.15, 0.2) is 10.9 Å². The largest absolute Gasteiger partial charge is 0.297 e. The fourth-order valence-electron chi connectivity index (χ4n) is 1.32. The molecule has 15 heavy (non-hydrogen) atoms. The summed E-state index contributed by atoms with van der Waals surface area (Å²) in [6.07, 6.45) is -0.157. The number of aromatic nitrogens is 2. The van der Waals surface area contributed by atoms with E-state index in [0.29, 0.717) is 0 Å². The Morgan fingerprint density at radius 2 is 2.13 bits per heavy atom. The first-order valence-electron chi connectivity index (χ1n) is 4.15. The van der Waals surface area contributed by atoms with E-state index in [-0.39, 0.29) is 35.8 Å². The summed E-state index contributed by atoms with van der Waals surface area (Å²) in [5, 5.41) is -0.0131. The van der Waals surface area contributed by atoms with Crippen molar-refractivity contribution >= 4 is 29.2 Å². The van der Waals surface area contributed by atoms with Crippen LogP contribution >= 0.6 is 11.6 Å². The lowest BCUT2D eigenvalue weighted by atomic mass is 10.3. The van der Waals surface area contributed by atoms with Crippen LogP contribution in [0.2, 0.25) is 5.15 Å². The van der Waals surface area contributed by atoms with Crippen LogP contribution in [0.25, 0.3) is 0 Å². The summed E-state index contributed by atoms with van der Waals surface area (Å²) in [4.78, 5) is 40.6. The van der Waals surface area contributed by atoms with Gasteiger partial charge in [-0.2, -0.15) is 0 Å². The van der Waals surface area contributed by atoms with Crippen LogP contribution in [0.4, 0.5) is 5.95 Å². The second-order valence-electron chi connectivity index (χ2n) is 3.09. The molecule has 0 aromatic carbocycles. The van der Waals surface area contributed by atoms with Crippen LogP contribution in [0.3, 0.4) is 0 Å². The number of anilines is 1. The number of aromatic amines is 1. The zero-order valence-electron chi connectivity index (χ0n) is 7.49. The monoisotopic (exact) mass is 227 g/mol. The predicted octanol–water partition coefficient (Wildman–Crippen LogP) is -0.271. The molecule has 7 heteroatoms. The van der Waals surface area contributed by atoms with Gasteiger partial charge in [0.25, 0.3) is 5.56 Å². The lowest BCUT2D eigenvalue weighted by molar-refractivity contribution is -0.121. The maximum absolute atomic E-state index is 11.3. The van der Waals surface area contributed by atoms with Crippen molar-refractivity contribution in [2.45, 2.75) is 6.42 Å². The van der Waals surface area contributed by atoms with Crippen molar-refractivity contribution in [3.8, 4) is 0 Å². The van der Waals surface area contributed by atoms with Gasteiger partial charge in [-0.3, -0.25) is 24.3 Å². The molecule has 0 unspecified atom stereocenters. The van der Waals surface area contributed by atoms with Crippen LogP contribution in [0, 0.1) is 0 Å². The molecule has 0 saturated carbocycles. The number of hydrogen-bond acceptors (Lipinski definition) is 4. The molecule has 1 aromatic heterocycles. The van der Waals surface area contributed by atoms with Gasteiger partial charge in [-0.15, -0.1) is 0 Å². The van der Waals surface area contributed by atoms with Crippen LogP contribution in [-0.2, 0) is 9.59 Å². The Kier molecular flexibility index (Phi) is 2.28. The Labute approximate surface area is 88.9 Å². The van der Waals surface area contributed by atoms with E-state index in [9.17, 15) is 14.4 Å². The molecule has 0 radical (unpaired) electrons. The average Bonchev–Trinajstić information content (AvgIpc) is 2.43. The van der Waals surface area contributed by atoms with Gasteiger partial charge < -0.3 is 0 Å². The molecule has 2 rings (SSSR count). The normalized spacial score (nSPS) is 16.2. The van der Waals surface area contributed by atoms with Crippen LogP contribution < -0.4 is 10.5 Å². The number of carbonyl (C=O) groups excluding carboxylic acids is 2. The predicted molar refractivity (Wildman–Crippen MR) is 51.8 cm³/mol. The van der Waals surface area contributed by atoms with Gasteiger partial charge in [-0.25, -0.2) is 4.98 Å². The van der Waals surface area contributed by atoms with Crippen molar-refractivity contribution in [2.75, 3.05) is 11.4 Å².